The summed E-state index contributed by atoms with van der Waals surface area (Å²) in [6.07, 6.45) is 0. The van der Waals surface area contributed by atoms with E-state index in [0.29, 0.717) is 11.4 Å². The molecular weight excluding hydrogens is 348 g/mol. The normalized spacial score (nSPS) is 10.6. The van der Waals surface area contributed by atoms with Crippen molar-refractivity contribution in [3.05, 3.63) is 47.1 Å². The van der Waals surface area contributed by atoms with Gasteiger partial charge in [-0.1, -0.05) is 29.8 Å². The Morgan fingerprint density at radius 3 is 2.67 bits per heavy atom. The Hall–Kier alpha value is -2.44. The van der Waals surface area contributed by atoms with Gasteiger partial charge in [0, 0.05) is 11.6 Å². The molecule has 0 atom stereocenters. The van der Waals surface area contributed by atoms with Gasteiger partial charge < -0.3 is 10.1 Å². The van der Waals surface area contributed by atoms with Gasteiger partial charge in [0.1, 0.15) is 0 Å². The number of carbonyl (C=O) groups excluding carboxylic acids is 2. The first-order valence-corrected chi connectivity index (χ1v) is 8.24. The maximum Gasteiger partial charge on any atom is 0.358 e. The third-order valence-corrected chi connectivity index (χ3v) is 4.85. The van der Waals surface area contributed by atoms with E-state index in [1.165, 1.54) is 14.0 Å². The van der Waals surface area contributed by atoms with Crippen molar-refractivity contribution in [2.45, 2.75) is 6.92 Å². The standard InChI is InChI=1S/C17H13ClN2O3S/c1-9(21)19-12-8-11(20-16(15(12)18)17(22)23-2)14-7-10-5-3-4-6-13(10)24-14/h3-8H,1-2H3,(H,19,20,21). The molecule has 0 bridgehead atoms. The van der Waals surface area contributed by atoms with Crippen LogP contribution in [0.5, 0.6) is 0 Å². The second-order valence-electron chi connectivity index (χ2n) is 5.04. The molecule has 2 aromatic heterocycles. The summed E-state index contributed by atoms with van der Waals surface area (Å²) < 4.78 is 5.83. The van der Waals surface area contributed by atoms with Crippen LogP contribution in [-0.4, -0.2) is 24.0 Å². The number of hydrogen-bond acceptors (Lipinski definition) is 5. The molecule has 0 unspecified atom stereocenters. The highest BCUT2D eigenvalue weighted by Crippen LogP contribution is 2.36. The van der Waals surface area contributed by atoms with E-state index in [0.717, 1.165) is 15.0 Å². The molecule has 7 heteroatoms. The zero-order valence-corrected chi connectivity index (χ0v) is 14.5. The van der Waals surface area contributed by atoms with Crippen LogP contribution in [0.2, 0.25) is 5.02 Å². The van der Waals surface area contributed by atoms with Crippen LogP contribution in [0, 0.1) is 0 Å². The van der Waals surface area contributed by atoms with E-state index in [1.807, 2.05) is 30.3 Å². The largest absolute Gasteiger partial charge is 0.464 e. The van der Waals surface area contributed by atoms with Gasteiger partial charge in [-0.2, -0.15) is 0 Å². The maximum atomic E-state index is 11.9. The zero-order chi connectivity index (χ0) is 17.3. The highest BCUT2D eigenvalue weighted by atomic mass is 35.5. The molecule has 0 spiro atoms. The van der Waals surface area contributed by atoms with Gasteiger partial charge in [0.25, 0.3) is 0 Å². The van der Waals surface area contributed by atoms with E-state index < -0.39 is 5.97 Å². The van der Waals surface area contributed by atoms with Crippen molar-refractivity contribution in [2.24, 2.45) is 0 Å². The molecule has 122 valence electrons. The molecule has 0 aliphatic rings. The number of methoxy groups -OCH3 is 1. The molecule has 0 aliphatic carbocycles. The minimum Gasteiger partial charge on any atom is -0.464 e. The third kappa shape index (κ3) is 3.11. The Labute approximate surface area is 147 Å². The number of anilines is 1. The predicted molar refractivity (Wildman–Crippen MR) is 95.7 cm³/mol. The molecule has 0 saturated carbocycles. The number of pyridine rings is 1. The number of nitrogens with one attached hydrogen (secondary N) is 1. The molecule has 5 nitrogen and oxygen atoms in total. The zero-order valence-electron chi connectivity index (χ0n) is 12.9. The van der Waals surface area contributed by atoms with Gasteiger partial charge in [-0.15, -0.1) is 11.3 Å². The monoisotopic (exact) mass is 360 g/mol. The number of aromatic nitrogens is 1. The highest BCUT2D eigenvalue weighted by Gasteiger charge is 2.20. The SMILES string of the molecule is COC(=O)c1nc(-c2cc3ccccc3s2)cc(NC(C)=O)c1Cl. The fourth-order valence-corrected chi connectivity index (χ4v) is 3.52. The number of carbonyl (C=O) groups is 2. The van der Waals surface area contributed by atoms with E-state index in [-0.39, 0.29) is 16.6 Å². The molecule has 1 aromatic carbocycles. The van der Waals surface area contributed by atoms with Crippen LogP contribution in [0.3, 0.4) is 0 Å². The molecule has 24 heavy (non-hydrogen) atoms. The van der Waals surface area contributed by atoms with E-state index in [2.05, 4.69) is 10.3 Å². The number of halogens is 1. The van der Waals surface area contributed by atoms with Gasteiger partial charge in [0.15, 0.2) is 5.69 Å². The van der Waals surface area contributed by atoms with Gasteiger partial charge >= 0.3 is 5.97 Å². The van der Waals surface area contributed by atoms with Crippen LogP contribution in [0.15, 0.2) is 36.4 Å². The first-order valence-electron chi connectivity index (χ1n) is 7.05. The number of esters is 1. The summed E-state index contributed by atoms with van der Waals surface area (Å²) in [4.78, 5) is 28.5. The summed E-state index contributed by atoms with van der Waals surface area (Å²) >= 11 is 7.73. The van der Waals surface area contributed by atoms with Gasteiger partial charge in [0.05, 0.1) is 28.4 Å². The lowest BCUT2D eigenvalue weighted by Gasteiger charge is -2.10. The van der Waals surface area contributed by atoms with Crippen molar-refractivity contribution >= 4 is 50.6 Å². The Bertz CT molecular complexity index is 919. The van der Waals surface area contributed by atoms with Crippen molar-refractivity contribution < 1.29 is 14.3 Å². The second-order valence-corrected chi connectivity index (χ2v) is 6.50. The molecule has 0 saturated heterocycles. The smallest absolute Gasteiger partial charge is 0.358 e. The Balaban J connectivity index is 2.19. The average Bonchev–Trinajstić information content (AvgIpc) is 2.99. The lowest BCUT2D eigenvalue weighted by atomic mass is 10.2. The number of nitrogens with zero attached hydrogens (tertiary/aromatic N) is 1. The number of rotatable bonds is 3. The highest BCUT2D eigenvalue weighted by molar-refractivity contribution is 7.22. The van der Waals surface area contributed by atoms with E-state index in [1.54, 1.807) is 17.4 Å². The van der Waals surface area contributed by atoms with Gasteiger partial charge in [-0.3, -0.25) is 4.79 Å². The van der Waals surface area contributed by atoms with Crippen LogP contribution < -0.4 is 5.32 Å². The molecule has 0 fully saturated rings. The van der Waals surface area contributed by atoms with E-state index in [9.17, 15) is 9.59 Å². The third-order valence-electron chi connectivity index (χ3n) is 3.33. The Morgan fingerprint density at radius 2 is 2.00 bits per heavy atom. The molecule has 1 N–H and O–H groups in total. The number of amides is 1. The van der Waals surface area contributed by atoms with Crippen molar-refractivity contribution in [1.29, 1.82) is 0 Å². The van der Waals surface area contributed by atoms with Crippen LogP contribution in [0.1, 0.15) is 17.4 Å². The van der Waals surface area contributed by atoms with Crippen LogP contribution in [0.25, 0.3) is 20.7 Å². The van der Waals surface area contributed by atoms with E-state index in [4.69, 9.17) is 16.3 Å². The van der Waals surface area contributed by atoms with Crippen molar-refractivity contribution in [2.75, 3.05) is 12.4 Å². The summed E-state index contributed by atoms with van der Waals surface area (Å²) in [6, 6.07) is 11.6. The van der Waals surface area contributed by atoms with Crippen LogP contribution in [-0.2, 0) is 9.53 Å². The Kier molecular flexibility index (Phi) is 4.51. The lowest BCUT2D eigenvalue weighted by molar-refractivity contribution is -0.114. The van der Waals surface area contributed by atoms with Crippen LogP contribution >= 0.6 is 22.9 Å². The number of ether oxygens (including phenoxy) is 1. The number of fused-ring (bicyclic) bond motifs is 1. The van der Waals surface area contributed by atoms with Crippen LogP contribution in [0.4, 0.5) is 5.69 Å². The molecule has 0 radical (unpaired) electrons. The topological polar surface area (TPSA) is 68.3 Å². The average molecular weight is 361 g/mol. The first kappa shape index (κ1) is 16.4. The molecule has 3 rings (SSSR count). The summed E-state index contributed by atoms with van der Waals surface area (Å²) in [5.74, 6) is -0.948. The minimum absolute atomic E-state index is 0.0297. The molecular formula is C17H13ClN2O3S. The Morgan fingerprint density at radius 1 is 1.25 bits per heavy atom. The predicted octanol–water partition coefficient (Wildman–Crippen LogP) is 4.36. The minimum atomic E-state index is -0.658. The summed E-state index contributed by atoms with van der Waals surface area (Å²) in [7, 11) is 1.25. The van der Waals surface area contributed by atoms with Gasteiger partial charge in [0.2, 0.25) is 5.91 Å². The van der Waals surface area contributed by atoms with Crippen molar-refractivity contribution in [1.82, 2.24) is 4.98 Å². The fraction of sp³-hybridized carbons (Fsp3) is 0.118. The first-order chi connectivity index (χ1) is 11.5. The molecule has 2 heterocycles. The summed E-state index contributed by atoms with van der Waals surface area (Å²) in [5.41, 5.74) is 0.842. The van der Waals surface area contributed by atoms with Crippen molar-refractivity contribution in [3.63, 3.8) is 0 Å². The fourth-order valence-electron chi connectivity index (χ4n) is 2.28. The summed E-state index contributed by atoms with van der Waals surface area (Å²) in [6.45, 7) is 1.37. The van der Waals surface area contributed by atoms with Gasteiger partial charge in [-0.25, -0.2) is 9.78 Å². The second kappa shape index (κ2) is 6.59. The summed E-state index contributed by atoms with van der Waals surface area (Å²) in [5, 5.41) is 3.76. The number of hydrogen-bond donors (Lipinski definition) is 1. The lowest BCUT2D eigenvalue weighted by Crippen LogP contribution is -2.11. The van der Waals surface area contributed by atoms with Gasteiger partial charge in [-0.05, 0) is 23.6 Å². The molecule has 1 amide bonds. The quantitative estimate of drug-likeness (QED) is 0.704. The number of benzene rings is 1. The van der Waals surface area contributed by atoms with Crippen molar-refractivity contribution in [3.8, 4) is 10.6 Å². The molecule has 0 aliphatic heterocycles. The van der Waals surface area contributed by atoms with E-state index >= 15 is 0 Å². The molecule has 3 aromatic rings. The maximum absolute atomic E-state index is 11.9. The number of thiophene rings is 1.